The number of unbranched alkanes of at least 4 members (excludes halogenated alkanes) is 1. The van der Waals surface area contributed by atoms with E-state index in [1.165, 1.54) is 12.7 Å². The standard InChI is InChI=1S/C20H22ClNO3/c1-3-4-5-13-6-8-14(9-7-13)19(23)18-16(21)12-17-15(20(24)25-2)10-11-22(17)18/h6-9,12,18H,3-5,10-11H2,1-2H3. The zero-order chi connectivity index (χ0) is 18.0. The molecule has 0 bridgehead atoms. The minimum Gasteiger partial charge on any atom is -0.466 e. The molecule has 3 rings (SSSR count). The minimum absolute atomic E-state index is 0.0376. The number of esters is 1. The number of methoxy groups -OCH3 is 1. The van der Waals surface area contributed by atoms with Crippen molar-refractivity contribution in [3.63, 3.8) is 0 Å². The maximum absolute atomic E-state index is 13.0. The number of rotatable bonds is 6. The van der Waals surface area contributed by atoms with Crippen LogP contribution in [-0.4, -0.2) is 36.3 Å². The Balaban J connectivity index is 1.81. The van der Waals surface area contributed by atoms with Gasteiger partial charge < -0.3 is 9.64 Å². The molecule has 0 aromatic heterocycles. The molecule has 1 aromatic rings. The van der Waals surface area contributed by atoms with E-state index in [9.17, 15) is 9.59 Å². The lowest BCUT2D eigenvalue weighted by molar-refractivity contribution is -0.136. The summed E-state index contributed by atoms with van der Waals surface area (Å²) in [5.74, 6) is -0.393. The van der Waals surface area contributed by atoms with E-state index < -0.39 is 6.04 Å². The van der Waals surface area contributed by atoms with Crippen molar-refractivity contribution in [1.29, 1.82) is 0 Å². The third kappa shape index (κ3) is 3.36. The van der Waals surface area contributed by atoms with E-state index in [1.807, 2.05) is 29.2 Å². The van der Waals surface area contributed by atoms with Crippen molar-refractivity contribution in [2.24, 2.45) is 0 Å². The first-order chi connectivity index (χ1) is 12.1. The van der Waals surface area contributed by atoms with E-state index in [-0.39, 0.29) is 11.8 Å². The van der Waals surface area contributed by atoms with Crippen LogP contribution in [0.1, 0.15) is 42.1 Å². The number of benzene rings is 1. The van der Waals surface area contributed by atoms with Crippen LogP contribution in [0.3, 0.4) is 0 Å². The average molecular weight is 360 g/mol. The summed E-state index contributed by atoms with van der Waals surface area (Å²) >= 11 is 6.35. The maximum Gasteiger partial charge on any atom is 0.335 e. The fraction of sp³-hybridized carbons (Fsp3) is 0.400. The molecule has 0 fully saturated rings. The van der Waals surface area contributed by atoms with E-state index in [2.05, 4.69) is 6.92 Å². The number of carbonyl (C=O) groups excluding carboxylic acids is 2. The van der Waals surface area contributed by atoms with Gasteiger partial charge in [-0.3, -0.25) is 4.79 Å². The minimum atomic E-state index is -0.541. The highest BCUT2D eigenvalue weighted by atomic mass is 35.5. The lowest BCUT2D eigenvalue weighted by Crippen LogP contribution is -2.35. The van der Waals surface area contributed by atoms with E-state index in [0.29, 0.717) is 29.1 Å². The molecular formula is C20H22ClNO3. The van der Waals surface area contributed by atoms with E-state index in [1.54, 1.807) is 6.08 Å². The molecule has 2 aliphatic rings. The summed E-state index contributed by atoms with van der Waals surface area (Å²) in [6.45, 7) is 2.76. The van der Waals surface area contributed by atoms with Gasteiger partial charge in [0.25, 0.3) is 0 Å². The topological polar surface area (TPSA) is 46.6 Å². The van der Waals surface area contributed by atoms with E-state index in [0.717, 1.165) is 25.0 Å². The van der Waals surface area contributed by atoms with Crippen molar-refractivity contribution in [1.82, 2.24) is 4.90 Å². The summed E-state index contributed by atoms with van der Waals surface area (Å²) < 4.78 is 4.82. The Morgan fingerprint density at radius 3 is 2.64 bits per heavy atom. The van der Waals surface area contributed by atoms with Crippen LogP contribution in [0.15, 0.2) is 46.6 Å². The van der Waals surface area contributed by atoms with Crippen LogP contribution in [0.4, 0.5) is 0 Å². The quantitative estimate of drug-likeness (QED) is 0.571. The van der Waals surface area contributed by atoms with E-state index in [4.69, 9.17) is 16.3 Å². The zero-order valence-electron chi connectivity index (χ0n) is 14.5. The molecule has 132 valence electrons. The van der Waals surface area contributed by atoms with Gasteiger partial charge in [-0.15, -0.1) is 0 Å². The van der Waals surface area contributed by atoms with Crippen molar-refractivity contribution in [2.45, 2.75) is 38.6 Å². The van der Waals surface area contributed by atoms with Gasteiger partial charge in [0, 0.05) is 17.8 Å². The number of nitrogens with zero attached hydrogens (tertiary/aromatic N) is 1. The van der Waals surface area contributed by atoms with Crippen LogP contribution in [0.5, 0.6) is 0 Å². The largest absolute Gasteiger partial charge is 0.466 e. The molecule has 4 nitrogen and oxygen atoms in total. The van der Waals surface area contributed by atoms with Crippen molar-refractivity contribution in [3.05, 3.63) is 57.8 Å². The fourth-order valence-corrected chi connectivity index (χ4v) is 3.74. The van der Waals surface area contributed by atoms with Crippen LogP contribution < -0.4 is 0 Å². The first kappa shape index (κ1) is 17.7. The molecule has 1 atom stereocenters. The van der Waals surface area contributed by atoms with Gasteiger partial charge in [-0.05, 0) is 30.9 Å². The van der Waals surface area contributed by atoms with Crippen molar-refractivity contribution >= 4 is 23.4 Å². The van der Waals surface area contributed by atoms with Crippen LogP contribution >= 0.6 is 11.6 Å². The van der Waals surface area contributed by atoms with Gasteiger partial charge in [0.15, 0.2) is 5.78 Å². The monoisotopic (exact) mass is 359 g/mol. The number of aryl methyl sites for hydroxylation is 1. The number of ketones is 1. The molecule has 0 N–H and O–H groups in total. The van der Waals surface area contributed by atoms with Gasteiger partial charge in [0.1, 0.15) is 6.04 Å². The van der Waals surface area contributed by atoms with Gasteiger partial charge >= 0.3 is 5.97 Å². The first-order valence-corrected chi connectivity index (χ1v) is 9.03. The molecule has 2 heterocycles. The Bertz CT molecular complexity index is 749. The molecule has 0 spiro atoms. The molecule has 0 amide bonds. The number of ether oxygens (including phenoxy) is 1. The number of carbonyl (C=O) groups is 2. The van der Waals surface area contributed by atoms with Crippen molar-refractivity contribution in [2.75, 3.05) is 13.7 Å². The Labute approximate surface area is 153 Å². The Morgan fingerprint density at radius 2 is 2.00 bits per heavy atom. The van der Waals surface area contributed by atoms with Gasteiger partial charge in [0.2, 0.25) is 0 Å². The van der Waals surface area contributed by atoms with Gasteiger partial charge in [-0.1, -0.05) is 49.2 Å². The molecule has 0 aliphatic carbocycles. The molecule has 0 saturated carbocycles. The third-order valence-corrected chi connectivity index (χ3v) is 5.12. The lowest BCUT2D eigenvalue weighted by Gasteiger charge is -2.23. The predicted octanol–water partition coefficient (Wildman–Crippen LogP) is 3.85. The molecule has 0 radical (unpaired) electrons. The number of fused-ring (bicyclic) bond motifs is 1. The maximum atomic E-state index is 13.0. The molecule has 25 heavy (non-hydrogen) atoms. The number of hydrogen-bond acceptors (Lipinski definition) is 4. The highest BCUT2D eigenvalue weighted by Crippen LogP contribution is 2.38. The molecule has 5 heteroatoms. The highest BCUT2D eigenvalue weighted by molar-refractivity contribution is 6.33. The summed E-state index contributed by atoms with van der Waals surface area (Å²) in [4.78, 5) is 26.7. The summed E-state index contributed by atoms with van der Waals surface area (Å²) in [5.41, 5.74) is 3.19. The summed E-state index contributed by atoms with van der Waals surface area (Å²) in [6.07, 6.45) is 5.61. The van der Waals surface area contributed by atoms with Crippen LogP contribution in [0.2, 0.25) is 0 Å². The normalized spacial score (nSPS) is 19.1. The predicted molar refractivity (Wildman–Crippen MR) is 97.5 cm³/mol. The van der Waals surface area contributed by atoms with Gasteiger partial charge in [-0.2, -0.15) is 0 Å². The SMILES string of the molecule is CCCCc1ccc(C(=O)C2C(Cl)=CC3=C(C(=O)OC)CCN32)cc1. The number of halogens is 1. The molecule has 2 aliphatic heterocycles. The van der Waals surface area contributed by atoms with Crippen LogP contribution in [-0.2, 0) is 16.0 Å². The van der Waals surface area contributed by atoms with Crippen LogP contribution in [0, 0.1) is 0 Å². The van der Waals surface area contributed by atoms with E-state index >= 15 is 0 Å². The number of Topliss-reactive ketones (excluding diaryl/α,β-unsaturated/α-hetero) is 1. The second-order valence-corrected chi connectivity index (χ2v) is 6.83. The molecule has 0 saturated heterocycles. The van der Waals surface area contributed by atoms with Crippen molar-refractivity contribution < 1.29 is 14.3 Å². The lowest BCUT2D eigenvalue weighted by atomic mass is 10.0. The average Bonchev–Trinajstić information content (AvgIpc) is 3.16. The summed E-state index contributed by atoms with van der Waals surface area (Å²) in [7, 11) is 1.36. The summed E-state index contributed by atoms with van der Waals surface area (Å²) in [5, 5.41) is 0.455. The number of allylic oxidation sites excluding steroid dienone is 1. The second kappa shape index (κ2) is 7.44. The Hall–Kier alpha value is -2.07. The highest BCUT2D eigenvalue weighted by Gasteiger charge is 2.41. The van der Waals surface area contributed by atoms with Crippen LogP contribution in [0.25, 0.3) is 0 Å². The van der Waals surface area contributed by atoms with Gasteiger partial charge in [0.05, 0.1) is 17.7 Å². The second-order valence-electron chi connectivity index (χ2n) is 6.40. The third-order valence-electron chi connectivity index (χ3n) is 4.81. The van der Waals surface area contributed by atoms with Gasteiger partial charge in [-0.25, -0.2) is 4.79 Å². The Kier molecular flexibility index (Phi) is 5.28. The molecule has 1 unspecified atom stereocenters. The fourth-order valence-electron chi connectivity index (χ4n) is 3.42. The summed E-state index contributed by atoms with van der Waals surface area (Å²) in [6, 6.07) is 7.22. The smallest absolute Gasteiger partial charge is 0.335 e. The Morgan fingerprint density at radius 1 is 1.28 bits per heavy atom. The first-order valence-electron chi connectivity index (χ1n) is 8.65. The van der Waals surface area contributed by atoms with Crippen molar-refractivity contribution in [3.8, 4) is 0 Å². The number of hydrogen-bond donors (Lipinski definition) is 0. The molecular weight excluding hydrogens is 338 g/mol. The molecule has 1 aromatic carbocycles. The zero-order valence-corrected chi connectivity index (χ0v) is 15.3.